The third-order valence-electron chi connectivity index (χ3n) is 6.84. The Morgan fingerprint density at radius 3 is 3.00 bits per heavy atom. The van der Waals surface area contributed by atoms with Gasteiger partial charge >= 0.3 is 5.97 Å². The molecule has 2 N–H and O–H groups in total. The number of rotatable bonds is 1. The van der Waals surface area contributed by atoms with Gasteiger partial charge in [0.05, 0.1) is 24.8 Å². The zero-order chi connectivity index (χ0) is 18.9. The van der Waals surface area contributed by atoms with Crippen molar-refractivity contribution in [3.8, 4) is 0 Å². The number of hydrogen-bond donors (Lipinski definition) is 2. The fraction of sp³-hybridized carbons (Fsp3) is 0.476. The summed E-state index contributed by atoms with van der Waals surface area (Å²) in [5, 5.41) is 12.5. The molecule has 0 saturated heterocycles. The number of aromatic amines is 1. The quantitative estimate of drug-likeness (QED) is 0.737. The second kappa shape index (κ2) is 6.01. The molecule has 142 valence electrons. The van der Waals surface area contributed by atoms with Crippen LogP contribution in [0, 0.1) is 17.8 Å². The van der Waals surface area contributed by atoms with Crippen molar-refractivity contribution < 1.29 is 14.6 Å². The highest BCUT2D eigenvalue weighted by molar-refractivity contribution is 6.31. The SMILES string of the molecule is COC(=O)C1=CN2CCc3c([nH]c4ccc(Cl)cc34)[C@@H]2[C@@H]2[C@@H](C)[C@@H](O)C[C@H]12. The molecule has 1 saturated carbocycles. The van der Waals surface area contributed by atoms with Crippen molar-refractivity contribution >= 4 is 28.5 Å². The zero-order valence-corrected chi connectivity index (χ0v) is 16.2. The largest absolute Gasteiger partial charge is 0.466 e. The molecule has 3 aliphatic rings. The third-order valence-corrected chi connectivity index (χ3v) is 7.07. The summed E-state index contributed by atoms with van der Waals surface area (Å²) in [6.45, 7) is 2.94. The van der Waals surface area contributed by atoms with Crippen LogP contribution in [0.5, 0.6) is 0 Å². The van der Waals surface area contributed by atoms with E-state index in [-0.39, 0.29) is 29.8 Å². The lowest BCUT2D eigenvalue weighted by Crippen LogP contribution is -2.44. The molecular weight excluding hydrogens is 364 g/mol. The minimum absolute atomic E-state index is 0.0182. The highest BCUT2D eigenvalue weighted by atomic mass is 35.5. The molecular formula is C21H23ClN2O3. The van der Waals surface area contributed by atoms with Gasteiger partial charge in [-0.15, -0.1) is 0 Å². The van der Waals surface area contributed by atoms with E-state index in [4.69, 9.17) is 16.3 Å². The predicted molar refractivity (Wildman–Crippen MR) is 103 cm³/mol. The number of benzene rings is 1. The van der Waals surface area contributed by atoms with Gasteiger partial charge in [0.1, 0.15) is 0 Å². The number of esters is 1. The van der Waals surface area contributed by atoms with E-state index >= 15 is 0 Å². The summed E-state index contributed by atoms with van der Waals surface area (Å²) in [6.07, 6.45) is 3.07. The van der Waals surface area contributed by atoms with Crippen molar-refractivity contribution in [3.63, 3.8) is 0 Å². The Morgan fingerprint density at radius 2 is 2.22 bits per heavy atom. The first-order chi connectivity index (χ1) is 13.0. The molecule has 5 nitrogen and oxygen atoms in total. The van der Waals surface area contributed by atoms with Crippen molar-refractivity contribution in [2.24, 2.45) is 17.8 Å². The summed E-state index contributed by atoms with van der Waals surface area (Å²) in [7, 11) is 1.43. The van der Waals surface area contributed by atoms with Gasteiger partial charge in [-0.2, -0.15) is 0 Å². The second-order valence-corrected chi connectivity index (χ2v) is 8.50. The lowest BCUT2D eigenvalue weighted by molar-refractivity contribution is -0.137. The molecule has 0 bridgehead atoms. The maximum absolute atomic E-state index is 12.4. The molecule has 0 amide bonds. The number of fused-ring (bicyclic) bond motifs is 7. The Bertz CT molecular complexity index is 966. The Kier molecular flexibility index (Phi) is 3.82. The Balaban J connectivity index is 1.68. The van der Waals surface area contributed by atoms with Crippen LogP contribution in [0.4, 0.5) is 0 Å². The molecule has 6 heteroatoms. The summed E-state index contributed by atoms with van der Waals surface area (Å²) in [4.78, 5) is 18.3. The molecule has 5 rings (SSSR count). The highest BCUT2D eigenvalue weighted by Gasteiger charge is 2.53. The summed E-state index contributed by atoms with van der Waals surface area (Å²) >= 11 is 6.24. The fourth-order valence-electron chi connectivity index (χ4n) is 5.56. The van der Waals surface area contributed by atoms with Gasteiger partial charge in [-0.1, -0.05) is 18.5 Å². The van der Waals surface area contributed by atoms with E-state index in [9.17, 15) is 9.90 Å². The molecule has 1 aromatic carbocycles. The average molecular weight is 387 g/mol. The molecule has 1 aliphatic carbocycles. The van der Waals surface area contributed by atoms with E-state index in [1.807, 2.05) is 24.4 Å². The number of aliphatic hydroxyl groups excluding tert-OH is 1. The minimum atomic E-state index is -0.405. The number of H-pyrrole nitrogens is 1. The number of carbonyl (C=O) groups is 1. The molecule has 0 spiro atoms. The molecule has 1 aromatic heterocycles. The van der Waals surface area contributed by atoms with Crippen LogP contribution in [0.25, 0.3) is 10.9 Å². The molecule has 2 aromatic rings. The normalized spacial score (nSPS) is 31.9. The topological polar surface area (TPSA) is 65.6 Å². The molecule has 27 heavy (non-hydrogen) atoms. The molecule has 5 atom stereocenters. The van der Waals surface area contributed by atoms with Crippen molar-refractivity contribution in [1.29, 1.82) is 0 Å². The van der Waals surface area contributed by atoms with E-state index in [2.05, 4.69) is 16.8 Å². The molecule has 0 unspecified atom stereocenters. The van der Waals surface area contributed by atoms with Crippen LogP contribution in [0.1, 0.15) is 30.6 Å². The van der Waals surface area contributed by atoms with Crippen molar-refractivity contribution in [2.45, 2.75) is 31.9 Å². The van der Waals surface area contributed by atoms with Crippen molar-refractivity contribution in [2.75, 3.05) is 13.7 Å². The van der Waals surface area contributed by atoms with Crippen molar-refractivity contribution in [1.82, 2.24) is 9.88 Å². The molecule has 2 aliphatic heterocycles. The lowest BCUT2D eigenvalue weighted by Gasteiger charge is -2.46. The Morgan fingerprint density at radius 1 is 1.41 bits per heavy atom. The van der Waals surface area contributed by atoms with Gasteiger partial charge in [-0.05, 0) is 48.4 Å². The standard InChI is InChI=1S/C21H23ClN2O3/c1-10-17(25)8-14-15(21(26)27-2)9-24-6-5-12-13-7-11(22)3-4-16(13)23-19(12)20(24)18(10)14/h3-4,7,9-10,14,17-18,20,23,25H,5-6,8H2,1-2H3/t10-,14+,17-,18+,20-/m0/s1. The maximum Gasteiger partial charge on any atom is 0.335 e. The summed E-state index contributed by atoms with van der Waals surface area (Å²) in [5.74, 6) is 0.0158. The summed E-state index contributed by atoms with van der Waals surface area (Å²) < 4.78 is 5.04. The van der Waals surface area contributed by atoms with Gasteiger partial charge in [-0.25, -0.2) is 4.79 Å². The number of methoxy groups -OCH3 is 1. The summed E-state index contributed by atoms with van der Waals surface area (Å²) in [6, 6.07) is 6.10. The number of carbonyl (C=O) groups excluding carboxylic acids is 1. The molecule has 1 fully saturated rings. The number of nitrogens with zero attached hydrogens (tertiary/aromatic N) is 1. The monoisotopic (exact) mass is 386 g/mol. The first-order valence-electron chi connectivity index (χ1n) is 9.53. The fourth-order valence-corrected chi connectivity index (χ4v) is 5.73. The van der Waals surface area contributed by atoms with Crippen LogP contribution in [0.2, 0.25) is 5.02 Å². The zero-order valence-electron chi connectivity index (χ0n) is 15.4. The Labute approximate surface area is 162 Å². The summed E-state index contributed by atoms with van der Waals surface area (Å²) in [5.41, 5.74) is 4.31. The number of hydrogen-bond acceptors (Lipinski definition) is 4. The van der Waals surface area contributed by atoms with Crippen LogP contribution in [0.15, 0.2) is 30.0 Å². The van der Waals surface area contributed by atoms with Crippen LogP contribution in [-0.4, -0.2) is 40.7 Å². The van der Waals surface area contributed by atoms with Crippen molar-refractivity contribution in [3.05, 3.63) is 46.3 Å². The minimum Gasteiger partial charge on any atom is -0.466 e. The molecule has 0 radical (unpaired) electrons. The first-order valence-corrected chi connectivity index (χ1v) is 9.91. The van der Waals surface area contributed by atoms with Gasteiger partial charge in [0, 0.05) is 40.3 Å². The Hall–Kier alpha value is -1.98. The predicted octanol–water partition coefficient (Wildman–Crippen LogP) is 3.42. The van der Waals surface area contributed by atoms with Gasteiger partial charge < -0.3 is 19.7 Å². The van der Waals surface area contributed by atoms with Gasteiger partial charge in [0.2, 0.25) is 0 Å². The average Bonchev–Trinajstić information content (AvgIpc) is 3.17. The number of nitrogens with one attached hydrogen (secondary N) is 1. The second-order valence-electron chi connectivity index (χ2n) is 8.06. The van der Waals surface area contributed by atoms with E-state index in [1.54, 1.807) is 0 Å². The van der Waals surface area contributed by atoms with E-state index in [1.165, 1.54) is 23.8 Å². The number of ether oxygens (including phenoxy) is 1. The van der Waals surface area contributed by atoms with Crippen LogP contribution in [-0.2, 0) is 16.0 Å². The number of aromatic nitrogens is 1. The van der Waals surface area contributed by atoms with Crippen LogP contribution >= 0.6 is 11.6 Å². The third kappa shape index (κ3) is 2.38. The lowest BCUT2D eigenvalue weighted by atomic mass is 9.74. The van der Waals surface area contributed by atoms with Gasteiger partial charge in [-0.3, -0.25) is 0 Å². The van der Waals surface area contributed by atoms with E-state index in [0.717, 1.165) is 23.5 Å². The smallest absolute Gasteiger partial charge is 0.335 e. The van der Waals surface area contributed by atoms with E-state index in [0.29, 0.717) is 12.0 Å². The van der Waals surface area contributed by atoms with E-state index < -0.39 is 6.10 Å². The first kappa shape index (κ1) is 17.1. The van der Waals surface area contributed by atoms with Gasteiger partial charge in [0.25, 0.3) is 0 Å². The molecule has 3 heterocycles. The highest BCUT2D eigenvalue weighted by Crippen LogP contribution is 2.54. The number of halogens is 1. The maximum atomic E-state index is 12.4. The van der Waals surface area contributed by atoms with Gasteiger partial charge in [0.15, 0.2) is 0 Å². The van der Waals surface area contributed by atoms with Crippen LogP contribution < -0.4 is 0 Å². The van der Waals surface area contributed by atoms with Crippen LogP contribution in [0.3, 0.4) is 0 Å². The number of aliphatic hydroxyl groups is 1.